The number of carboxylic acids is 1. The Morgan fingerprint density at radius 1 is 0.833 bits per heavy atom. The van der Waals surface area contributed by atoms with Gasteiger partial charge in [0.05, 0.1) is 13.0 Å². The predicted octanol–water partition coefficient (Wildman–Crippen LogP) is 9.18. The minimum atomic E-state index is -0.814. The van der Waals surface area contributed by atoms with Crippen LogP contribution >= 0.6 is 0 Å². The third-order valence-corrected chi connectivity index (χ3v) is 7.77. The lowest BCUT2D eigenvalue weighted by Crippen LogP contribution is -2.22. The molecule has 0 aliphatic carbocycles. The third-order valence-electron chi connectivity index (χ3n) is 7.77. The molecule has 0 heterocycles. The van der Waals surface area contributed by atoms with Crippen LogP contribution in [0.25, 0.3) is 0 Å². The number of aliphatic carboxylic acids is 1. The van der Waals surface area contributed by atoms with Crippen molar-refractivity contribution >= 4 is 11.9 Å². The van der Waals surface area contributed by atoms with E-state index in [0.29, 0.717) is 30.7 Å². The van der Waals surface area contributed by atoms with Crippen LogP contribution in [-0.4, -0.2) is 24.1 Å². The molecule has 5 nitrogen and oxygen atoms in total. The molecular formula is C37H53NO4. The molecule has 0 aliphatic heterocycles. The summed E-state index contributed by atoms with van der Waals surface area (Å²) in [6.07, 6.45) is 18.6. The van der Waals surface area contributed by atoms with E-state index in [4.69, 9.17) is 4.74 Å². The maximum absolute atomic E-state index is 12.3. The van der Waals surface area contributed by atoms with Gasteiger partial charge < -0.3 is 15.2 Å². The molecule has 0 spiro atoms. The van der Waals surface area contributed by atoms with Gasteiger partial charge in [-0.3, -0.25) is 9.59 Å². The molecule has 2 aromatic rings. The summed E-state index contributed by atoms with van der Waals surface area (Å²) in [4.78, 5) is 24.4. The SMILES string of the molecule is CCCCCCCCCCCCCCC(C(=O)O)c1ccc(CNC(=O)CCCCC#Cc2ccccc2)cc1OC. The zero-order valence-electron chi connectivity index (χ0n) is 26.1. The van der Waals surface area contributed by atoms with Crippen molar-refractivity contribution < 1.29 is 19.4 Å². The Balaban J connectivity index is 1.68. The minimum absolute atomic E-state index is 0.00412. The van der Waals surface area contributed by atoms with Crippen molar-refractivity contribution in [1.82, 2.24) is 5.32 Å². The second kappa shape index (κ2) is 22.4. The van der Waals surface area contributed by atoms with Crippen LogP contribution in [0.15, 0.2) is 48.5 Å². The molecule has 5 heteroatoms. The average Bonchev–Trinajstić information content (AvgIpc) is 3.00. The van der Waals surface area contributed by atoms with Crippen molar-refractivity contribution in [2.24, 2.45) is 0 Å². The van der Waals surface area contributed by atoms with E-state index in [1.165, 1.54) is 64.2 Å². The number of amides is 1. The number of nitrogens with one attached hydrogen (secondary N) is 1. The van der Waals surface area contributed by atoms with Crippen LogP contribution in [0.3, 0.4) is 0 Å². The normalized spacial score (nSPS) is 11.4. The van der Waals surface area contributed by atoms with Crippen LogP contribution < -0.4 is 10.1 Å². The lowest BCUT2D eigenvalue weighted by Gasteiger charge is -2.17. The standard InChI is InChI=1S/C37H53NO4/c1-3-4-5-6-7-8-9-10-11-12-13-20-25-34(37(40)41)33-28-27-32(29-35(33)42-2)30-38-36(39)26-21-15-14-17-22-31-23-18-16-19-24-31/h16,18-19,23-24,27-29,34H,3-15,20-21,25-26,30H2,1-2H3,(H,38,39)(H,40,41). The summed E-state index contributed by atoms with van der Waals surface area (Å²) >= 11 is 0. The molecule has 0 radical (unpaired) electrons. The first-order chi connectivity index (χ1) is 20.5. The summed E-state index contributed by atoms with van der Waals surface area (Å²) in [5.74, 6) is 5.48. The van der Waals surface area contributed by atoms with Gasteiger partial charge >= 0.3 is 5.97 Å². The van der Waals surface area contributed by atoms with Crippen molar-refractivity contribution in [3.63, 3.8) is 0 Å². The Kier molecular flexibility index (Phi) is 18.6. The molecule has 0 saturated heterocycles. The van der Waals surface area contributed by atoms with Crippen LogP contribution in [0.1, 0.15) is 139 Å². The Bertz CT molecular complexity index is 1090. The Hall–Kier alpha value is -3.26. The average molecular weight is 576 g/mol. The fourth-order valence-corrected chi connectivity index (χ4v) is 5.23. The highest BCUT2D eigenvalue weighted by molar-refractivity contribution is 5.77. The summed E-state index contributed by atoms with van der Waals surface area (Å²) < 4.78 is 5.58. The Morgan fingerprint density at radius 3 is 2.10 bits per heavy atom. The molecule has 2 aromatic carbocycles. The Morgan fingerprint density at radius 2 is 1.48 bits per heavy atom. The number of ether oxygens (including phenoxy) is 1. The van der Waals surface area contributed by atoms with Gasteiger partial charge in [-0.05, 0) is 43.0 Å². The van der Waals surface area contributed by atoms with Gasteiger partial charge in [-0.2, -0.15) is 0 Å². The fraction of sp³-hybridized carbons (Fsp3) is 0.568. The van der Waals surface area contributed by atoms with Gasteiger partial charge in [0.1, 0.15) is 5.75 Å². The molecule has 230 valence electrons. The van der Waals surface area contributed by atoms with E-state index in [0.717, 1.165) is 43.2 Å². The predicted molar refractivity (Wildman–Crippen MR) is 173 cm³/mol. The largest absolute Gasteiger partial charge is 0.496 e. The molecule has 0 aliphatic rings. The maximum Gasteiger partial charge on any atom is 0.311 e. The van der Waals surface area contributed by atoms with Gasteiger partial charge in [0.25, 0.3) is 0 Å². The number of benzene rings is 2. The highest BCUT2D eigenvalue weighted by Gasteiger charge is 2.23. The molecule has 0 fully saturated rings. The van der Waals surface area contributed by atoms with Crippen LogP contribution in [0.2, 0.25) is 0 Å². The van der Waals surface area contributed by atoms with Gasteiger partial charge in [0.15, 0.2) is 0 Å². The number of carbonyl (C=O) groups is 2. The number of carbonyl (C=O) groups excluding carboxylic acids is 1. The molecule has 0 saturated carbocycles. The third kappa shape index (κ3) is 15.1. The maximum atomic E-state index is 12.3. The van der Waals surface area contributed by atoms with Crippen molar-refractivity contribution in [2.45, 2.75) is 129 Å². The second-order valence-corrected chi connectivity index (χ2v) is 11.3. The fourth-order valence-electron chi connectivity index (χ4n) is 5.23. The van der Waals surface area contributed by atoms with E-state index in [-0.39, 0.29) is 5.91 Å². The van der Waals surface area contributed by atoms with Crippen LogP contribution in [0, 0.1) is 11.8 Å². The van der Waals surface area contributed by atoms with E-state index >= 15 is 0 Å². The molecule has 42 heavy (non-hydrogen) atoms. The summed E-state index contributed by atoms with van der Waals surface area (Å²) in [7, 11) is 1.57. The van der Waals surface area contributed by atoms with Gasteiger partial charge in [0.2, 0.25) is 5.91 Å². The number of methoxy groups -OCH3 is 1. The first kappa shape index (κ1) is 34.9. The van der Waals surface area contributed by atoms with Crippen molar-refractivity contribution in [2.75, 3.05) is 7.11 Å². The monoisotopic (exact) mass is 575 g/mol. The van der Waals surface area contributed by atoms with Gasteiger partial charge in [-0.1, -0.05) is 126 Å². The molecule has 1 amide bonds. The van der Waals surface area contributed by atoms with Crippen molar-refractivity contribution in [1.29, 1.82) is 0 Å². The van der Waals surface area contributed by atoms with E-state index in [2.05, 4.69) is 24.1 Å². The summed E-state index contributed by atoms with van der Waals surface area (Å²) in [5, 5.41) is 12.9. The quantitative estimate of drug-likeness (QED) is 0.108. The number of hydrogen-bond acceptors (Lipinski definition) is 3. The van der Waals surface area contributed by atoms with E-state index in [9.17, 15) is 14.7 Å². The first-order valence-corrected chi connectivity index (χ1v) is 16.2. The molecule has 2 N–H and O–H groups in total. The summed E-state index contributed by atoms with van der Waals surface area (Å²) in [5.41, 5.74) is 2.61. The molecule has 0 aromatic heterocycles. The van der Waals surface area contributed by atoms with E-state index in [1.807, 2.05) is 48.5 Å². The van der Waals surface area contributed by atoms with Crippen LogP contribution in [0.5, 0.6) is 5.75 Å². The molecule has 0 bridgehead atoms. The summed E-state index contributed by atoms with van der Waals surface area (Å²) in [6, 6.07) is 15.5. The number of carboxylic acid groups (broad SMARTS) is 1. The zero-order chi connectivity index (χ0) is 30.3. The molecule has 1 atom stereocenters. The Labute approximate surface area is 254 Å². The van der Waals surface area contributed by atoms with Crippen LogP contribution in [-0.2, 0) is 16.1 Å². The number of rotatable bonds is 22. The summed E-state index contributed by atoms with van der Waals surface area (Å²) in [6.45, 7) is 2.64. The van der Waals surface area contributed by atoms with Crippen molar-refractivity contribution in [3.05, 3.63) is 65.2 Å². The van der Waals surface area contributed by atoms with Gasteiger partial charge in [-0.15, -0.1) is 0 Å². The highest BCUT2D eigenvalue weighted by Crippen LogP contribution is 2.32. The highest BCUT2D eigenvalue weighted by atomic mass is 16.5. The topological polar surface area (TPSA) is 75.6 Å². The first-order valence-electron chi connectivity index (χ1n) is 16.2. The second-order valence-electron chi connectivity index (χ2n) is 11.3. The van der Waals surface area contributed by atoms with E-state index < -0.39 is 11.9 Å². The van der Waals surface area contributed by atoms with Gasteiger partial charge in [0, 0.05) is 30.5 Å². The number of hydrogen-bond donors (Lipinski definition) is 2. The lowest BCUT2D eigenvalue weighted by molar-refractivity contribution is -0.139. The molecular weight excluding hydrogens is 522 g/mol. The zero-order valence-corrected chi connectivity index (χ0v) is 26.1. The van der Waals surface area contributed by atoms with Crippen molar-refractivity contribution in [3.8, 4) is 17.6 Å². The molecule has 1 unspecified atom stereocenters. The minimum Gasteiger partial charge on any atom is -0.496 e. The smallest absolute Gasteiger partial charge is 0.311 e. The molecule has 2 rings (SSSR count). The van der Waals surface area contributed by atoms with Gasteiger partial charge in [-0.25, -0.2) is 0 Å². The lowest BCUT2D eigenvalue weighted by atomic mass is 9.91. The number of unbranched alkanes of at least 4 members (excludes halogenated alkanes) is 13. The van der Waals surface area contributed by atoms with Crippen LogP contribution in [0.4, 0.5) is 0 Å². The van der Waals surface area contributed by atoms with E-state index in [1.54, 1.807) is 7.11 Å².